The number of hydrogen-bond donors (Lipinski definition) is 2. The third-order valence-corrected chi connectivity index (χ3v) is 5.34. The molecule has 0 aromatic heterocycles. The van der Waals surface area contributed by atoms with Crippen LogP contribution in [0.25, 0.3) is 0 Å². The fourth-order valence-electron chi connectivity index (χ4n) is 2.20. The smallest absolute Gasteiger partial charge is 0.252 e. The Hall–Kier alpha value is -1.19. The Labute approximate surface area is 142 Å². The van der Waals surface area contributed by atoms with Crippen molar-refractivity contribution in [1.29, 1.82) is 0 Å². The third-order valence-electron chi connectivity index (χ3n) is 3.39. The molecular weight excluding hydrogens is 342 g/mol. The summed E-state index contributed by atoms with van der Waals surface area (Å²) in [5, 5.41) is 2.69. The van der Waals surface area contributed by atoms with Gasteiger partial charge in [0.05, 0.1) is 23.7 Å². The van der Waals surface area contributed by atoms with Crippen molar-refractivity contribution in [2.45, 2.75) is 11.3 Å². The highest BCUT2D eigenvalue weighted by Crippen LogP contribution is 2.21. The van der Waals surface area contributed by atoms with Crippen LogP contribution in [0.1, 0.15) is 16.8 Å². The molecule has 2 rings (SSSR count). The molecule has 1 fully saturated rings. The molecule has 1 aliphatic heterocycles. The summed E-state index contributed by atoms with van der Waals surface area (Å²) in [4.78, 5) is 12.2. The molecule has 1 heterocycles. The van der Waals surface area contributed by atoms with Gasteiger partial charge in [-0.2, -0.15) is 4.31 Å². The lowest BCUT2D eigenvalue weighted by Crippen LogP contribution is -2.41. The molecule has 9 heteroatoms. The largest absolute Gasteiger partial charge is 0.379 e. The Morgan fingerprint density at radius 3 is 2.57 bits per heavy atom. The van der Waals surface area contributed by atoms with E-state index < -0.39 is 15.9 Å². The first-order valence-electron chi connectivity index (χ1n) is 7.22. The standard InChI is InChI=1S/C14H21N3O4S.ClH/c15-6-3-7-16-14(18)12-4-1-2-5-13(12)22(19,20)17-8-10-21-11-9-17;/h1-2,4-5H,3,6-11,15H2,(H,16,18);1H. The zero-order chi connectivity index (χ0) is 16.0. The van der Waals surface area contributed by atoms with Gasteiger partial charge in [0.1, 0.15) is 0 Å². The summed E-state index contributed by atoms with van der Waals surface area (Å²) in [5.41, 5.74) is 5.54. The fraction of sp³-hybridized carbons (Fsp3) is 0.500. The van der Waals surface area contributed by atoms with Gasteiger partial charge in [0, 0.05) is 19.6 Å². The average Bonchev–Trinajstić information content (AvgIpc) is 2.56. The maximum atomic E-state index is 12.7. The quantitative estimate of drug-likeness (QED) is 0.703. The fourth-order valence-corrected chi connectivity index (χ4v) is 3.80. The van der Waals surface area contributed by atoms with Gasteiger partial charge in [-0.25, -0.2) is 8.42 Å². The van der Waals surface area contributed by atoms with Crippen molar-refractivity contribution in [2.75, 3.05) is 39.4 Å². The lowest BCUT2D eigenvalue weighted by atomic mass is 10.2. The highest BCUT2D eigenvalue weighted by atomic mass is 35.5. The molecular formula is C14H22ClN3O4S. The van der Waals surface area contributed by atoms with Crippen LogP contribution in [0.5, 0.6) is 0 Å². The number of ether oxygens (including phenoxy) is 1. The summed E-state index contributed by atoms with van der Waals surface area (Å²) in [7, 11) is -3.70. The Balaban J connectivity index is 0.00000264. The molecule has 0 bridgehead atoms. The van der Waals surface area contributed by atoms with Crippen LogP contribution >= 0.6 is 12.4 Å². The Bertz CT molecular complexity index is 618. The number of nitrogens with two attached hydrogens (primary N) is 1. The molecule has 3 N–H and O–H groups in total. The lowest BCUT2D eigenvalue weighted by Gasteiger charge is -2.26. The van der Waals surface area contributed by atoms with E-state index in [-0.39, 0.29) is 22.9 Å². The van der Waals surface area contributed by atoms with Crippen LogP contribution in [0.15, 0.2) is 29.2 Å². The maximum absolute atomic E-state index is 12.7. The number of rotatable bonds is 6. The van der Waals surface area contributed by atoms with Gasteiger partial charge in [0.25, 0.3) is 5.91 Å². The van der Waals surface area contributed by atoms with E-state index in [1.807, 2.05) is 0 Å². The number of sulfonamides is 1. The molecule has 0 spiro atoms. The molecule has 0 aliphatic carbocycles. The molecule has 1 amide bonds. The van der Waals surface area contributed by atoms with E-state index in [4.69, 9.17) is 10.5 Å². The van der Waals surface area contributed by atoms with E-state index in [1.165, 1.54) is 16.4 Å². The number of carbonyl (C=O) groups is 1. The molecule has 1 aromatic carbocycles. The van der Waals surface area contributed by atoms with Gasteiger partial charge >= 0.3 is 0 Å². The highest BCUT2D eigenvalue weighted by molar-refractivity contribution is 7.89. The minimum atomic E-state index is -3.70. The summed E-state index contributed by atoms with van der Waals surface area (Å²) in [6.07, 6.45) is 0.643. The van der Waals surface area contributed by atoms with Crippen LogP contribution in [0.4, 0.5) is 0 Å². The normalized spacial score (nSPS) is 15.7. The topological polar surface area (TPSA) is 102 Å². The van der Waals surface area contributed by atoms with Crippen LogP contribution < -0.4 is 11.1 Å². The van der Waals surface area contributed by atoms with Gasteiger partial charge in [-0.3, -0.25) is 4.79 Å². The number of benzene rings is 1. The second-order valence-corrected chi connectivity index (χ2v) is 6.82. The highest BCUT2D eigenvalue weighted by Gasteiger charge is 2.29. The van der Waals surface area contributed by atoms with Crippen molar-refractivity contribution in [1.82, 2.24) is 9.62 Å². The van der Waals surface area contributed by atoms with Crippen LogP contribution in [0.2, 0.25) is 0 Å². The molecule has 0 radical (unpaired) electrons. The van der Waals surface area contributed by atoms with E-state index >= 15 is 0 Å². The first-order chi connectivity index (χ1) is 10.6. The molecule has 0 saturated carbocycles. The van der Waals surface area contributed by atoms with Crippen molar-refractivity contribution in [3.05, 3.63) is 29.8 Å². The molecule has 23 heavy (non-hydrogen) atoms. The zero-order valence-electron chi connectivity index (χ0n) is 12.7. The molecule has 130 valence electrons. The first kappa shape index (κ1) is 19.9. The Kier molecular flexibility index (Phi) is 7.93. The summed E-state index contributed by atoms with van der Waals surface area (Å²) in [6, 6.07) is 6.24. The van der Waals surface area contributed by atoms with Gasteiger partial charge in [-0.1, -0.05) is 12.1 Å². The number of morpholine rings is 1. The van der Waals surface area contributed by atoms with Crippen molar-refractivity contribution < 1.29 is 17.9 Å². The molecule has 1 saturated heterocycles. The summed E-state index contributed by atoms with van der Waals surface area (Å²) in [6.45, 7) is 2.21. The van der Waals surface area contributed by atoms with Crippen LogP contribution in [-0.4, -0.2) is 58.0 Å². The number of nitrogens with one attached hydrogen (secondary N) is 1. The monoisotopic (exact) mass is 363 g/mol. The molecule has 0 unspecified atom stereocenters. The summed E-state index contributed by atoms with van der Waals surface area (Å²) < 4.78 is 32.0. The van der Waals surface area contributed by atoms with Gasteiger partial charge in [0.15, 0.2) is 0 Å². The molecule has 7 nitrogen and oxygen atoms in total. The lowest BCUT2D eigenvalue weighted by molar-refractivity contribution is 0.0730. The van der Waals surface area contributed by atoms with Gasteiger partial charge in [-0.05, 0) is 25.1 Å². The minimum Gasteiger partial charge on any atom is -0.379 e. The van der Waals surface area contributed by atoms with Gasteiger partial charge < -0.3 is 15.8 Å². The van der Waals surface area contributed by atoms with Crippen molar-refractivity contribution in [2.24, 2.45) is 5.73 Å². The van der Waals surface area contributed by atoms with E-state index in [0.717, 1.165) is 0 Å². The van der Waals surface area contributed by atoms with Crippen LogP contribution in [-0.2, 0) is 14.8 Å². The minimum absolute atomic E-state index is 0. The first-order valence-corrected chi connectivity index (χ1v) is 8.66. The van der Waals surface area contributed by atoms with E-state index in [1.54, 1.807) is 12.1 Å². The van der Waals surface area contributed by atoms with E-state index in [9.17, 15) is 13.2 Å². The number of amides is 1. The van der Waals surface area contributed by atoms with Gasteiger partial charge in [-0.15, -0.1) is 12.4 Å². The zero-order valence-corrected chi connectivity index (χ0v) is 14.4. The predicted octanol–water partition coefficient (Wildman–Crippen LogP) is 0.208. The summed E-state index contributed by atoms with van der Waals surface area (Å²) >= 11 is 0. The van der Waals surface area contributed by atoms with Crippen LogP contribution in [0, 0.1) is 0 Å². The van der Waals surface area contributed by atoms with Crippen molar-refractivity contribution in [3.63, 3.8) is 0 Å². The second-order valence-electron chi connectivity index (χ2n) is 4.91. The third kappa shape index (κ3) is 4.89. The van der Waals surface area contributed by atoms with E-state index in [0.29, 0.717) is 45.8 Å². The Morgan fingerprint density at radius 2 is 1.91 bits per heavy atom. The van der Waals surface area contributed by atoms with Gasteiger partial charge in [0.2, 0.25) is 10.0 Å². The number of carbonyl (C=O) groups excluding carboxylic acids is 1. The second kappa shape index (κ2) is 9.19. The molecule has 0 atom stereocenters. The summed E-state index contributed by atoms with van der Waals surface area (Å²) in [5.74, 6) is -0.402. The number of halogens is 1. The van der Waals surface area contributed by atoms with E-state index in [2.05, 4.69) is 5.32 Å². The van der Waals surface area contributed by atoms with Crippen LogP contribution in [0.3, 0.4) is 0 Å². The Morgan fingerprint density at radius 1 is 1.26 bits per heavy atom. The average molecular weight is 364 g/mol. The number of nitrogens with zero attached hydrogens (tertiary/aromatic N) is 1. The number of hydrogen-bond acceptors (Lipinski definition) is 5. The van der Waals surface area contributed by atoms with Crippen molar-refractivity contribution in [3.8, 4) is 0 Å². The SMILES string of the molecule is Cl.NCCCNC(=O)c1ccccc1S(=O)(=O)N1CCOCC1. The predicted molar refractivity (Wildman–Crippen MR) is 89.3 cm³/mol. The molecule has 1 aliphatic rings. The maximum Gasteiger partial charge on any atom is 0.252 e. The molecule has 1 aromatic rings. The van der Waals surface area contributed by atoms with Crippen molar-refractivity contribution >= 4 is 28.3 Å².